The SMILES string of the molecule is COc1cc(NC(CN)C2CCC(C)CC2)ccc1F. The molecule has 3 N–H and O–H groups in total. The number of hydrogen-bond donors (Lipinski definition) is 2. The standard InChI is InChI=1S/C16H25FN2O/c1-11-3-5-12(6-4-11)15(10-18)19-13-7-8-14(17)16(9-13)20-2/h7-9,11-12,15,19H,3-6,10,18H2,1-2H3. The molecular weight excluding hydrogens is 255 g/mol. The second-order valence-corrected chi connectivity index (χ2v) is 5.86. The number of hydrogen-bond acceptors (Lipinski definition) is 3. The Bertz CT molecular complexity index is 430. The maximum absolute atomic E-state index is 13.4. The van der Waals surface area contributed by atoms with E-state index in [0.29, 0.717) is 12.5 Å². The fourth-order valence-corrected chi connectivity index (χ4v) is 3.02. The van der Waals surface area contributed by atoms with Crippen LogP contribution in [0.5, 0.6) is 5.75 Å². The van der Waals surface area contributed by atoms with Crippen LogP contribution in [0.15, 0.2) is 18.2 Å². The molecule has 0 radical (unpaired) electrons. The molecule has 0 amide bonds. The molecule has 0 saturated heterocycles. The molecule has 1 aliphatic carbocycles. The minimum Gasteiger partial charge on any atom is -0.494 e. The highest BCUT2D eigenvalue weighted by Crippen LogP contribution is 2.32. The lowest BCUT2D eigenvalue weighted by Gasteiger charge is -2.33. The van der Waals surface area contributed by atoms with Crippen molar-refractivity contribution < 1.29 is 9.13 Å². The van der Waals surface area contributed by atoms with Crippen molar-refractivity contribution in [2.75, 3.05) is 19.0 Å². The van der Waals surface area contributed by atoms with E-state index in [4.69, 9.17) is 10.5 Å². The largest absolute Gasteiger partial charge is 0.494 e. The van der Waals surface area contributed by atoms with Crippen LogP contribution in [0, 0.1) is 17.7 Å². The first kappa shape index (κ1) is 15.1. The van der Waals surface area contributed by atoms with Crippen molar-refractivity contribution in [1.29, 1.82) is 0 Å². The summed E-state index contributed by atoms with van der Waals surface area (Å²) in [7, 11) is 1.48. The zero-order valence-electron chi connectivity index (χ0n) is 12.4. The van der Waals surface area contributed by atoms with Gasteiger partial charge in [0.05, 0.1) is 7.11 Å². The molecule has 1 atom stereocenters. The van der Waals surface area contributed by atoms with E-state index in [9.17, 15) is 4.39 Å². The van der Waals surface area contributed by atoms with Crippen LogP contribution in [0.25, 0.3) is 0 Å². The maximum atomic E-state index is 13.4. The molecule has 1 aliphatic rings. The molecule has 20 heavy (non-hydrogen) atoms. The number of ether oxygens (including phenoxy) is 1. The van der Waals surface area contributed by atoms with Crippen LogP contribution in [0.4, 0.5) is 10.1 Å². The van der Waals surface area contributed by atoms with Crippen LogP contribution in [-0.2, 0) is 0 Å². The summed E-state index contributed by atoms with van der Waals surface area (Å²) in [5.74, 6) is 1.36. The van der Waals surface area contributed by atoms with E-state index in [1.807, 2.05) is 0 Å². The molecule has 4 heteroatoms. The summed E-state index contributed by atoms with van der Waals surface area (Å²) >= 11 is 0. The first-order valence-corrected chi connectivity index (χ1v) is 7.44. The Kier molecular flexibility index (Phi) is 5.24. The minimum atomic E-state index is -0.339. The zero-order valence-corrected chi connectivity index (χ0v) is 12.4. The molecule has 1 aromatic rings. The number of rotatable bonds is 5. The zero-order chi connectivity index (χ0) is 14.5. The van der Waals surface area contributed by atoms with Gasteiger partial charge in [-0.15, -0.1) is 0 Å². The van der Waals surface area contributed by atoms with Crippen LogP contribution in [0.2, 0.25) is 0 Å². The van der Waals surface area contributed by atoms with Gasteiger partial charge < -0.3 is 15.8 Å². The number of halogens is 1. The van der Waals surface area contributed by atoms with E-state index < -0.39 is 0 Å². The second-order valence-electron chi connectivity index (χ2n) is 5.86. The Balaban J connectivity index is 2.02. The fraction of sp³-hybridized carbons (Fsp3) is 0.625. The molecule has 2 rings (SSSR count). The van der Waals surface area contributed by atoms with Gasteiger partial charge in [-0.3, -0.25) is 0 Å². The van der Waals surface area contributed by atoms with Gasteiger partial charge in [0.2, 0.25) is 0 Å². The van der Waals surface area contributed by atoms with E-state index in [1.165, 1.54) is 38.9 Å². The van der Waals surface area contributed by atoms with Crippen molar-refractivity contribution in [2.24, 2.45) is 17.6 Å². The van der Waals surface area contributed by atoms with Gasteiger partial charge in [0.15, 0.2) is 11.6 Å². The second kappa shape index (κ2) is 6.93. The Hall–Kier alpha value is -1.29. The molecule has 1 aromatic carbocycles. The number of nitrogens with two attached hydrogens (primary N) is 1. The molecule has 1 unspecified atom stereocenters. The van der Waals surface area contributed by atoms with Crippen LogP contribution < -0.4 is 15.8 Å². The highest BCUT2D eigenvalue weighted by atomic mass is 19.1. The van der Waals surface area contributed by atoms with E-state index in [0.717, 1.165) is 11.6 Å². The van der Waals surface area contributed by atoms with E-state index >= 15 is 0 Å². The Morgan fingerprint density at radius 3 is 2.65 bits per heavy atom. The molecule has 1 saturated carbocycles. The third-order valence-corrected chi connectivity index (χ3v) is 4.39. The average molecular weight is 280 g/mol. The summed E-state index contributed by atoms with van der Waals surface area (Å²) in [6, 6.07) is 5.12. The smallest absolute Gasteiger partial charge is 0.165 e. The molecule has 3 nitrogen and oxygen atoms in total. The predicted octanol–water partition coefficient (Wildman–Crippen LogP) is 3.40. The molecule has 1 fully saturated rings. The van der Waals surface area contributed by atoms with Crippen molar-refractivity contribution in [3.8, 4) is 5.75 Å². The first-order valence-electron chi connectivity index (χ1n) is 7.44. The quantitative estimate of drug-likeness (QED) is 0.869. The number of methoxy groups -OCH3 is 1. The summed E-state index contributed by atoms with van der Waals surface area (Å²) in [6.07, 6.45) is 4.98. The van der Waals surface area contributed by atoms with Crippen molar-refractivity contribution in [3.63, 3.8) is 0 Å². The summed E-state index contributed by atoms with van der Waals surface area (Å²) in [4.78, 5) is 0. The van der Waals surface area contributed by atoms with Gasteiger partial charge in [-0.2, -0.15) is 0 Å². The van der Waals surface area contributed by atoms with Gasteiger partial charge in [-0.25, -0.2) is 4.39 Å². The molecule has 0 aromatic heterocycles. The summed E-state index contributed by atoms with van der Waals surface area (Å²) in [5.41, 5.74) is 6.79. The molecule has 0 aliphatic heterocycles. The number of benzene rings is 1. The fourth-order valence-electron chi connectivity index (χ4n) is 3.02. The average Bonchev–Trinajstić information content (AvgIpc) is 2.47. The number of nitrogens with one attached hydrogen (secondary N) is 1. The highest BCUT2D eigenvalue weighted by Gasteiger charge is 2.25. The predicted molar refractivity (Wildman–Crippen MR) is 80.5 cm³/mol. The molecule has 0 bridgehead atoms. The van der Waals surface area contributed by atoms with Crippen molar-refractivity contribution in [1.82, 2.24) is 0 Å². The monoisotopic (exact) mass is 280 g/mol. The van der Waals surface area contributed by atoms with Gasteiger partial charge in [0, 0.05) is 24.3 Å². The van der Waals surface area contributed by atoms with E-state index in [2.05, 4.69) is 12.2 Å². The van der Waals surface area contributed by atoms with Crippen LogP contribution in [-0.4, -0.2) is 19.7 Å². The lowest BCUT2D eigenvalue weighted by molar-refractivity contribution is 0.265. The minimum absolute atomic E-state index is 0.248. The van der Waals surface area contributed by atoms with Gasteiger partial charge in [0.25, 0.3) is 0 Å². The van der Waals surface area contributed by atoms with Crippen LogP contribution in [0.1, 0.15) is 32.6 Å². The lowest BCUT2D eigenvalue weighted by Crippen LogP contribution is -2.38. The third kappa shape index (κ3) is 3.63. The number of anilines is 1. The summed E-state index contributed by atoms with van der Waals surface area (Å²) < 4.78 is 18.4. The van der Waals surface area contributed by atoms with Gasteiger partial charge in [0.1, 0.15) is 0 Å². The van der Waals surface area contributed by atoms with Crippen molar-refractivity contribution >= 4 is 5.69 Å². The Labute approximate surface area is 120 Å². The molecule has 0 heterocycles. The van der Waals surface area contributed by atoms with Crippen LogP contribution in [0.3, 0.4) is 0 Å². The third-order valence-electron chi connectivity index (χ3n) is 4.39. The topological polar surface area (TPSA) is 47.3 Å². The Morgan fingerprint density at radius 1 is 1.35 bits per heavy atom. The van der Waals surface area contributed by atoms with Crippen molar-refractivity contribution in [2.45, 2.75) is 38.6 Å². The molecular formula is C16H25FN2O. The van der Waals surface area contributed by atoms with Crippen molar-refractivity contribution in [3.05, 3.63) is 24.0 Å². The van der Waals surface area contributed by atoms with Gasteiger partial charge in [-0.05, 0) is 36.8 Å². The highest BCUT2D eigenvalue weighted by molar-refractivity contribution is 5.49. The normalized spacial score (nSPS) is 24.2. The molecule has 0 spiro atoms. The van der Waals surface area contributed by atoms with E-state index in [1.54, 1.807) is 12.1 Å². The van der Waals surface area contributed by atoms with Crippen LogP contribution >= 0.6 is 0 Å². The Morgan fingerprint density at radius 2 is 2.05 bits per heavy atom. The van der Waals surface area contributed by atoms with E-state index in [-0.39, 0.29) is 17.6 Å². The maximum Gasteiger partial charge on any atom is 0.165 e. The van der Waals surface area contributed by atoms with Gasteiger partial charge >= 0.3 is 0 Å². The summed E-state index contributed by atoms with van der Waals surface area (Å²) in [6.45, 7) is 2.91. The van der Waals surface area contributed by atoms with Gasteiger partial charge in [-0.1, -0.05) is 19.8 Å². The molecule has 112 valence electrons. The first-order chi connectivity index (χ1) is 9.63. The lowest BCUT2D eigenvalue weighted by atomic mass is 9.79. The summed E-state index contributed by atoms with van der Waals surface area (Å²) in [5, 5.41) is 3.44.